The minimum Gasteiger partial charge on any atom is -0.229 e. The Labute approximate surface area is 53.0 Å². The molecular formula is C5H5FO2S. The van der Waals surface area contributed by atoms with E-state index in [4.69, 9.17) is 6.42 Å². The van der Waals surface area contributed by atoms with Gasteiger partial charge in [-0.3, -0.25) is 0 Å². The van der Waals surface area contributed by atoms with E-state index in [9.17, 15) is 12.8 Å². The molecule has 1 rings (SSSR count). The third-order valence-electron chi connectivity index (χ3n) is 1.16. The number of terminal acetylenes is 1. The number of halogens is 1. The molecule has 1 heterocycles. The zero-order valence-corrected chi connectivity index (χ0v) is 5.41. The predicted octanol–water partition coefficient (Wildman–Crippen LogP) is -0.244. The maximum atomic E-state index is 12.5. The van der Waals surface area contributed by atoms with Gasteiger partial charge in [0.1, 0.15) is 0 Å². The quantitative estimate of drug-likeness (QED) is 0.444. The molecule has 1 aliphatic heterocycles. The van der Waals surface area contributed by atoms with Crippen molar-refractivity contribution < 1.29 is 12.8 Å². The third kappa shape index (κ3) is 1.06. The summed E-state index contributed by atoms with van der Waals surface area (Å²) in [4.78, 5) is 0. The molecule has 1 aliphatic rings. The first-order chi connectivity index (χ1) is 3.97. The molecule has 0 aromatic rings. The summed E-state index contributed by atoms with van der Waals surface area (Å²) in [5.74, 6) is 0.781. The summed E-state index contributed by atoms with van der Waals surface area (Å²) in [5.41, 5.74) is -1.86. The molecule has 0 atom stereocenters. The summed E-state index contributed by atoms with van der Waals surface area (Å²) in [5, 5.41) is 0. The van der Waals surface area contributed by atoms with Gasteiger partial charge >= 0.3 is 0 Å². The van der Waals surface area contributed by atoms with Crippen molar-refractivity contribution in [3.05, 3.63) is 0 Å². The van der Waals surface area contributed by atoms with Crippen LogP contribution in [0.5, 0.6) is 0 Å². The minimum absolute atomic E-state index is 0.503. The standard InChI is InChI=1S/C5H5FO2S/c1-2-5(6)3-9(7,8)4-5/h1H,3-4H2. The first-order valence-corrected chi connectivity index (χ1v) is 4.17. The molecule has 0 spiro atoms. The van der Waals surface area contributed by atoms with Gasteiger partial charge in [-0.1, -0.05) is 5.92 Å². The Morgan fingerprint density at radius 1 is 1.56 bits per heavy atom. The van der Waals surface area contributed by atoms with Gasteiger partial charge in [-0.15, -0.1) is 6.42 Å². The summed E-state index contributed by atoms with van der Waals surface area (Å²) in [6, 6.07) is 0. The van der Waals surface area contributed by atoms with E-state index in [0.29, 0.717) is 0 Å². The van der Waals surface area contributed by atoms with Crippen LogP contribution >= 0.6 is 0 Å². The van der Waals surface area contributed by atoms with Gasteiger partial charge in [-0.2, -0.15) is 0 Å². The van der Waals surface area contributed by atoms with E-state index in [-0.39, 0.29) is 0 Å². The molecule has 0 radical (unpaired) electrons. The number of sulfone groups is 1. The second-order valence-corrected chi connectivity index (χ2v) is 4.21. The topological polar surface area (TPSA) is 34.1 Å². The molecule has 0 aromatic carbocycles. The van der Waals surface area contributed by atoms with Gasteiger partial charge in [0.15, 0.2) is 15.5 Å². The fourth-order valence-electron chi connectivity index (χ4n) is 0.738. The van der Waals surface area contributed by atoms with Crippen molar-refractivity contribution in [2.45, 2.75) is 5.67 Å². The van der Waals surface area contributed by atoms with Crippen LogP contribution in [0.1, 0.15) is 0 Å². The minimum atomic E-state index is -3.12. The van der Waals surface area contributed by atoms with Crippen molar-refractivity contribution in [1.82, 2.24) is 0 Å². The van der Waals surface area contributed by atoms with Gasteiger partial charge < -0.3 is 0 Å². The van der Waals surface area contributed by atoms with Crippen LogP contribution in [0.2, 0.25) is 0 Å². The molecule has 2 nitrogen and oxygen atoms in total. The van der Waals surface area contributed by atoms with Gasteiger partial charge in [-0.25, -0.2) is 12.8 Å². The molecule has 0 N–H and O–H groups in total. The number of rotatable bonds is 0. The Morgan fingerprint density at radius 2 is 2.00 bits per heavy atom. The molecule has 0 amide bonds. The first-order valence-electron chi connectivity index (χ1n) is 2.35. The Morgan fingerprint density at radius 3 is 2.11 bits per heavy atom. The highest BCUT2D eigenvalue weighted by molar-refractivity contribution is 7.93. The summed E-state index contributed by atoms with van der Waals surface area (Å²) >= 11 is 0. The largest absolute Gasteiger partial charge is 0.229 e. The molecule has 1 saturated heterocycles. The summed E-state index contributed by atoms with van der Waals surface area (Å²) < 4.78 is 33.2. The van der Waals surface area contributed by atoms with E-state index in [2.05, 4.69) is 0 Å². The van der Waals surface area contributed by atoms with Crippen molar-refractivity contribution >= 4 is 9.84 Å². The van der Waals surface area contributed by atoms with Gasteiger partial charge in [-0.05, 0) is 0 Å². The van der Waals surface area contributed by atoms with Gasteiger partial charge in [0.05, 0.1) is 11.5 Å². The van der Waals surface area contributed by atoms with Crippen LogP contribution in [0.3, 0.4) is 0 Å². The van der Waals surface area contributed by atoms with Crippen molar-refractivity contribution in [2.24, 2.45) is 0 Å². The van der Waals surface area contributed by atoms with Crippen molar-refractivity contribution in [3.8, 4) is 12.3 Å². The number of hydrogen-bond acceptors (Lipinski definition) is 2. The van der Waals surface area contributed by atoms with Crippen LogP contribution in [0.4, 0.5) is 4.39 Å². The lowest BCUT2D eigenvalue weighted by molar-refractivity contribution is 0.281. The van der Waals surface area contributed by atoms with Crippen LogP contribution in [-0.4, -0.2) is 25.6 Å². The van der Waals surface area contributed by atoms with Crippen molar-refractivity contribution in [3.63, 3.8) is 0 Å². The summed E-state index contributed by atoms with van der Waals surface area (Å²) in [7, 11) is -3.12. The Balaban J connectivity index is 2.76. The Hall–Kier alpha value is -0.560. The van der Waals surface area contributed by atoms with Crippen LogP contribution in [0, 0.1) is 12.3 Å². The Kier molecular flexibility index (Phi) is 1.08. The fraction of sp³-hybridized carbons (Fsp3) is 0.600. The van der Waals surface area contributed by atoms with Crippen LogP contribution in [0.25, 0.3) is 0 Å². The molecule has 9 heavy (non-hydrogen) atoms. The zero-order chi connectivity index (χ0) is 7.12. The average Bonchev–Trinajstić information content (AvgIpc) is 1.61. The molecule has 4 heteroatoms. The summed E-state index contributed by atoms with van der Waals surface area (Å²) in [6.45, 7) is 0. The molecule has 0 aliphatic carbocycles. The highest BCUT2D eigenvalue weighted by Gasteiger charge is 2.47. The molecule has 50 valence electrons. The van der Waals surface area contributed by atoms with Crippen LogP contribution in [-0.2, 0) is 9.84 Å². The van der Waals surface area contributed by atoms with Crippen LogP contribution in [0.15, 0.2) is 0 Å². The van der Waals surface area contributed by atoms with Crippen molar-refractivity contribution in [1.29, 1.82) is 0 Å². The summed E-state index contributed by atoms with van der Waals surface area (Å²) in [6.07, 6.45) is 4.70. The average molecular weight is 148 g/mol. The second-order valence-electron chi connectivity index (χ2n) is 2.14. The monoisotopic (exact) mass is 148 g/mol. The molecule has 1 fully saturated rings. The van der Waals surface area contributed by atoms with Gasteiger partial charge in [0.25, 0.3) is 0 Å². The van der Waals surface area contributed by atoms with E-state index >= 15 is 0 Å². The van der Waals surface area contributed by atoms with E-state index in [1.165, 1.54) is 0 Å². The lowest BCUT2D eigenvalue weighted by Gasteiger charge is -2.27. The van der Waals surface area contributed by atoms with E-state index in [0.717, 1.165) is 0 Å². The smallest absolute Gasteiger partial charge is 0.198 e. The number of hydrogen-bond donors (Lipinski definition) is 0. The third-order valence-corrected chi connectivity index (χ3v) is 2.95. The normalized spacial score (nSPS) is 28.0. The van der Waals surface area contributed by atoms with Gasteiger partial charge in [0, 0.05) is 0 Å². The molecular weight excluding hydrogens is 143 g/mol. The highest BCUT2D eigenvalue weighted by atomic mass is 32.2. The van der Waals surface area contributed by atoms with Crippen LogP contribution < -0.4 is 0 Å². The Bertz CT molecular complexity index is 247. The van der Waals surface area contributed by atoms with Gasteiger partial charge in [0.2, 0.25) is 0 Å². The van der Waals surface area contributed by atoms with E-state index < -0.39 is 27.0 Å². The lowest BCUT2D eigenvalue weighted by atomic mass is 10.2. The zero-order valence-electron chi connectivity index (χ0n) is 4.59. The van der Waals surface area contributed by atoms with E-state index in [1.54, 1.807) is 5.92 Å². The molecule has 0 unspecified atom stereocenters. The fourth-order valence-corrected chi connectivity index (χ4v) is 2.21. The maximum absolute atomic E-state index is 12.5. The second kappa shape index (κ2) is 1.48. The first kappa shape index (κ1) is 6.56. The van der Waals surface area contributed by atoms with Crippen molar-refractivity contribution in [2.75, 3.05) is 11.5 Å². The molecule has 0 saturated carbocycles. The maximum Gasteiger partial charge on any atom is 0.198 e. The number of alkyl halides is 1. The SMILES string of the molecule is C#CC1(F)CS(=O)(=O)C1. The molecule has 0 aromatic heterocycles. The molecule has 0 bridgehead atoms. The highest BCUT2D eigenvalue weighted by Crippen LogP contribution is 2.26. The lowest BCUT2D eigenvalue weighted by Crippen LogP contribution is -2.50. The predicted molar refractivity (Wildman–Crippen MR) is 31.3 cm³/mol. The van der Waals surface area contributed by atoms with E-state index in [1.807, 2.05) is 0 Å².